The lowest BCUT2D eigenvalue weighted by molar-refractivity contribution is -0.136. The van der Waals surface area contributed by atoms with E-state index < -0.39 is 11.2 Å². The van der Waals surface area contributed by atoms with Gasteiger partial charge in [0.25, 0.3) is 0 Å². The molecule has 1 aliphatic rings. The van der Waals surface area contributed by atoms with E-state index in [1.807, 2.05) is 0 Å². The summed E-state index contributed by atoms with van der Waals surface area (Å²) in [7, 11) is 0. The van der Waals surface area contributed by atoms with Gasteiger partial charge in [0, 0.05) is 0 Å². The molecule has 0 aromatic heterocycles. The van der Waals surface area contributed by atoms with Crippen molar-refractivity contribution in [1.82, 2.24) is 0 Å². The normalized spacial score (nSPS) is 18.5. The maximum atomic E-state index is 11.3. The van der Waals surface area contributed by atoms with Crippen LogP contribution in [0.4, 0.5) is 0 Å². The van der Waals surface area contributed by atoms with Crippen LogP contribution < -0.4 is 0 Å². The molecule has 0 saturated heterocycles. The number of hydrogen-bond donors (Lipinski definition) is 1. The monoisotopic (exact) mass is 376 g/mol. The molecule has 0 aromatic rings. The third kappa shape index (κ3) is 10.4. The van der Waals surface area contributed by atoms with Crippen LogP contribution in [-0.2, 0) is 4.79 Å². The van der Waals surface area contributed by atoms with Crippen molar-refractivity contribution in [2.45, 2.75) is 87.5 Å². The smallest absolute Gasteiger partial charge is 0.316 e. The highest BCUT2D eigenvalue weighted by Gasteiger charge is 2.26. The molecule has 0 amide bonds. The van der Waals surface area contributed by atoms with Gasteiger partial charge < -0.3 is 5.11 Å². The van der Waals surface area contributed by atoms with Gasteiger partial charge in [0.1, 0.15) is 5.25 Å². The lowest BCUT2D eigenvalue weighted by atomic mass is 10.1. The van der Waals surface area contributed by atoms with Gasteiger partial charge in [-0.05, 0) is 18.6 Å². The van der Waals surface area contributed by atoms with Crippen LogP contribution >= 0.6 is 35.7 Å². The molecule has 0 bridgehead atoms. The summed E-state index contributed by atoms with van der Waals surface area (Å²) in [6, 6.07) is 0. The first-order chi connectivity index (χ1) is 11.1. The molecule has 23 heavy (non-hydrogen) atoms. The number of carboxylic acid groups (broad SMARTS) is 1. The van der Waals surface area contributed by atoms with Gasteiger partial charge in [-0.15, -0.1) is 16.9 Å². The first-order valence-corrected chi connectivity index (χ1v) is 10.9. The second kappa shape index (κ2) is 13.2. The number of aliphatic carboxylic acids is 1. The fourth-order valence-corrected chi connectivity index (χ4v) is 5.05. The molecule has 2 atom stereocenters. The molecule has 1 aliphatic heterocycles. The SMILES string of the molecule is CCCCCCCCCCCCC(SC1N=NC(=S)S1)C(=O)O. The van der Waals surface area contributed by atoms with Crippen LogP contribution in [0.2, 0.25) is 0 Å². The highest BCUT2D eigenvalue weighted by molar-refractivity contribution is 8.30. The quantitative estimate of drug-likeness (QED) is 0.287. The predicted molar refractivity (Wildman–Crippen MR) is 104 cm³/mol. The van der Waals surface area contributed by atoms with Crippen LogP contribution in [0.1, 0.15) is 77.6 Å². The second-order valence-electron chi connectivity index (χ2n) is 5.84. The van der Waals surface area contributed by atoms with E-state index in [0.717, 1.165) is 12.8 Å². The van der Waals surface area contributed by atoms with Crippen molar-refractivity contribution in [1.29, 1.82) is 0 Å². The van der Waals surface area contributed by atoms with Gasteiger partial charge in [0.2, 0.25) is 0 Å². The first kappa shape index (κ1) is 20.9. The molecule has 0 aliphatic carbocycles. The number of thiocarbonyl (C=S) groups is 1. The highest BCUT2D eigenvalue weighted by atomic mass is 32.2. The number of rotatable bonds is 14. The summed E-state index contributed by atoms with van der Waals surface area (Å²) < 4.78 is 0.331. The Morgan fingerprint density at radius 2 is 1.74 bits per heavy atom. The van der Waals surface area contributed by atoms with Crippen molar-refractivity contribution in [3.8, 4) is 0 Å². The summed E-state index contributed by atoms with van der Waals surface area (Å²) in [4.78, 5) is 11.3. The zero-order valence-corrected chi connectivity index (χ0v) is 16.4. The summed E-state index contributed by atoms with van der Waals surface area (Å²) in [6.07, 6.45) is 13.3. The standard InChI is InChI=1S/C16H28N2O2S3/c1-2-3-4-5-6-7-8-9-10-11-12-13(14(19)20)22-16-18-17-15(21)23-16/h13,16H,2-12H2,1H3,(H,19,20). The minimum Gasteiger partial charge on any atom is -0.480 e. The predicted octanol–water partition coefficient (Wildman–Crippen LogP) is 6.25. The lowest BCUT2D eigenvalue weighted by Crippen LogP contribution is -2.18. The van der Waals surface area contributed by atoms with Crippen LogP contribution in [0, 0.1) is 0 Å². The molecule has 0 saturated carbocycles. The number of nitrogens with zero attached hydrogens (tertiary/aromatic N) is 2. The molecule has 132 valence electrons. The Bertz CT molecular complexity index is 392. The molecule has 1 rings (SSSR count). The molecular weight excluding hydrogens is 348 g/mol. The van der Waals surface area contributed by atoms with Crippen LogP contribution in [-0.4, -0.2) is 25.4 Å². The molecule has 0 spiro atoms. The van der Waals surface area contributed by atoms with E-state index in [2.05, 4.69) is 17.2 Å². The Labute approximate surface area is 153 Å². The molecule has 2 unspecified atom stereocenters. The maximum Gasteiger partial charge on any atom is 0.316 e. The minimum absolute atomic E-state index is 0.174. The van der Waals surface area contributed by atoms with Gasteiger partial charge in [-0.3, -0.25) is 4.79 Å². The summed E-state index contributed by atoms with van der Waals surface area (Å²) in [6.45, 7) is 2.24. The van der Waals surface area contributed by atoms with E-state index in [9.17, 15) is 9.90 Å². The Balaban J connectivity index is 2.02. The van der Waals surface area contributed by atoms with Crippen LogP contribution in [0.5, 0.6) is 0 Å². The molecule has 0 radical (unpaired) electrons. The molecular formula is C16H28N2O2S3. The number of hydrogen-bond acceptors (Lipinski definition) is 5. The van der Waals surface area contributed by atoms with Crippen molar-refractivity contribution in [2.24, 2.45) is 10.2 Å². The summed E-state index contributed by atoms with van der Waals surface area (Å²) in [5.41, 5.74) is 0. The Hall–Kier alpha value is -0.140. The van der Waals surface area contributed by atoms with Crippen LogP contribution in [0.3, 0.4) is 0 Å². The van der Waals surface area contributed by atoms with Gasteiger partial charge in [-0.2, -0.15) is 5.11 Å². The average Bonchev–Trinajstić information content (AvgIpc) is 2.93. The molecule has 1 N–H and O–H groups in total. The molecule has 0 fully saturated rings. The molecule has 7 heteroatoms. The van der Waals surface area contributed by atoms with Gasteiger partial charge in [0.15, 0.2) is 9.03 Å². The van der Waals surface area contributed by atoms with Crippen molar-refractivity contribution < 1.29 is 9.90 Å². The number of thioether (sulfide) groups is 2. The van der Waals surface area contributed by atoms with E-state index in [1.165, 1.54) is 74.9 Å². The average molecular weight is 377 g/mol. The molecule has 0 aromatic carbocycles. The largest absolute Gasteiger partial charge is 0.480 e. The van der Waals surface area contributed by atoms with Crippen molar-refractivity contribution >= 4 is 46.0 Å². The third-order valence-corrected chi connectivity index (χ3v) is 6.48. The highest BCUT2D eigenvalue weighted by Crippen LogP contribution is 2.36. The van der Waals surface area contributed by atoms with E-state index in [0.29, 0.717) is 10.7 Å². The lowest BCUT2D eigenvalue weighted by Gasteiger charge is -2.13. The van der Waals surface area contributed by atoms with Crippen LogP contribution in [0.15, 0.2) is 10.2 Å². The van der Waals surface area contributed by atoms with Crippen molar-refractivity contribution in [3.05, 3.63) is 0 Å². The number of carbonyl (C=O) groups is 1. The first-order valence-electron chi connectivity index (χ1n) is 8.63. The van der Waals surface area contributed by atoms with E-state index >= 15 is 0 Å². The summed E-state index contributed by atoms with van der Waals surface area (Å²) >= 11 is 7.66. The zero-order chi connectivity index (χ0) is 16.9. The Morgan fingerprint density at radius 1 is 1.17 bits per heavy atom. The molecule has 1 heterocycles. The van der Waals surface area contributed by atoms with E-state index in [1.54, 1.807) is 0 Å². The van der Waals surface area contributed by atoms with Crippen molar-refractivity contribution in [3.63, 3.8) is 0 Å². The number of azo groups is 1. The van der Waals surface area contributed by atoms with Gasteiger partial charge in [0.05, 0.1) is 0 Å². The van der Waals surface area contributed by atoms with Gasteiger partial charge >= 0.3 is 5.97 Å². The Kier molecular flexibility index (Phi) is 12.0. The second-order valence-corrected chi connectivity index (χ2v) is 9.14. The minimum atomic E-state index is -0.750. The van der Waals surface area contributed by atoms with Crippen LogP contribution in [0.25, 0.3) is 0 Å². The summed E-state index contributed by atoms with van der Waals surface area (Å²) in [5, 5.41) is 16.7. The van der Waals surface area contributed by atoms with E-state index in [4.69, 9.17) is 12.2 Å². The fraction of sp³-hybridized carbons (Fsp3) is 0.875. The maximum absolute atomic E-state index is 11.3. The van der Waals surface area contributed by atoms with Gasteiger partial charge in [-0.25, -0.2) is 0 Å². The summed E-state index contributed by atoms with van der Waals surface area (Å²) in [5.74, 6) is -0.750. The fourth-order valence-electron chi connectivity index (χ4n) is 2.49. The van der Waals surface area contributed by atoms with Gasteiger partial charge in [-0.1, -0.05) is 82.9 Å². The number of unbranched alkanes of at least 4 members (excludes halogenated alkanes) is 9. The Morgan fingerprint density at radius 3 is 2.22 bits per heavy atom. The van der Waals surface area contributed by atoms with E-state index in [-0.39, 0.29) is 4.71 Å². The topological polar surface area (TPSA) is 62.0 Å². The van der Waals surface area contributed by atoms with Crippen molar-refractivity contribution in [2.75, 3.05) is 0 Å². The molecule has 4 nitrogen and oxygen atoms in total. The number of carboxylic acids is 1. The zero-order valence-electron chi connectivity index (χ0n) is 13.9. The third-order valence-electron chi connectivity index (χ3n) is 3.81.